The number of nitro benzene ring substituents is 1. The lowest BCUT2D eigenvalue weighted by molar-refractivity contribution is -0.384. The zero-order chi connectivity index (χ0) is 25.9. The van der Waals surface area contributed by atoms with Gasteiger partial charge >= 0.3 is 11.9 Å². The maximum Gasteiger partial charge on any atom is 0.333 e. The molecule has 194 valence electrons. The monoisotopic (exact) mass is 517 g/mol. The molecule has 0 saturated carbocycles. The molecule has 1 heterocycles. The molecule has 1 aliphatic heterocycles. The number of benzene rings is 2. The van der Waals surface area contributed by atoms with Crippen molar-refractivity contribution in [1.82, 2.24) is 10.2 Å². The Kier molecular flexibility index (Phi) is 9.23. The molecule has 0 radical (unpaired) electrons. The molecule has 36 heavy (non-hydrogen) atoms. The quantitative estimate of drug-likeness (QED) is 0.328. The van der Waals surface area contributed by atoms with Crippen LogP contribution in [0.5, 0.6) is 0 Å². The van der Waals surface area contributed by atoms with Gasteiger partial charge in [0.2, 0.25) is 0 Å². The number of carboxylic acids is 2. The third-order valence-corrected chi connectivity index (χ3v) is 6.89. The van der Waals surface area contributed by atoms with Crippen molar-refractivity contribution in [2.45, 2.75) is 51.2 Å². The third kappa shape index (κ3) is 6.03. The first-order valence-corrected chi connectivity index (χ1v) is 11.4. The van der Waals surface area contributed by atoms with E-state index in [1.165, 1.54) is 18.2 Å². The van der Waals surface area contributed by atoms with Gasteiger partial charge in [0.15, 0.2) is 0 Å². The normalized spacial score (nSPS) is 22.4. The van der Waals surface area contributed by atoms with E-state index in [4.69, 9.17) is 0 Å². The number of hydrogen-bond donors (Lipinski definition) is 3. The molecule has 4 unspecified atom stereocenters. The Morgan fingerprint density at radius 2 is 1.81 bits per heavy atom. The summed E-state index contributed by atoms with van der Waals surface area (Å²) in [4.78, 5) is 37.9. The highest BCUT2D eigenvalue weighted by Crippen LogP contribution is 2.46. The number of rotatable bonds is 9. The number of nitro groups is 1. The summed E-state index contributed by atoms with van der Waals surface area (Å²) in [6.07, 6.45) is 0.406. The van der Waals surface area contributed by atoms with Gasteiger partial charge in [0, 0.05) is 41.9 Å². The van der Waals surface area contributed by atoms with Gasteiger partial charge in [0.1, 0.15) is 0 Å². The van der Waals surface area contributed by atoms with Crippen LogP contribution in [0.15, 0.2) is 65.9 Å². The fourth-order valence-corrected chi connectivity index (χ4v) is 5.22. The summed E-state index contributed by atoms with van der Waals surface area (Å²) >= 11 is 0. The lowest BCUT2D eigenvalue weighted by Gasteiger charge is -2.48. The molecule has 0 aliphatic carbocycles. The van der Waals surface area contributed by atoms with Crippen molar-refractivity contribution >= 4 is 30.0 Å². The van der Waals surface area contributed by atoms with Gasteiger partial charge < -0.3 is 15.5 Å². The number of nitrogens with zero attached hydrogens (tertiary/aromatic N) is 2. The zero-order valence-electron chi connectivity index (χ0n) is 20.7. The highest BCUT2D eigenvalue weighted by Gasteiger charge is 2.52. The second-order valence-corrected chi connectivity index (χ2v) is 9.49. The average Bonchev–Trinajstić information content (AvgIpc) is 2.78. The van der Waals surface area contributed by atoms with Crippen LogP contribution in [0.2, 0.25) is 0 Å². The lowest BCUT2D eigenvalue weighted by atomic mass is 9.65. The molecule has 4 atom stereocenters. The van der Waals surface area contributed by atoms with Crippen LogP contribution in [-0.4, -0.2) is 50.6 Å². The Balaban J connectivity index is 0.00000456. The summed E-state index contributed by atoms with van der Waals surface area (Å²) in [5.41, 5.74) is 0.436. The molecule has 0 aromatic heterocycles. The molecule has 0 bridgehead atoms. The molecule has 3 rings (SSSR count). The predicted molar refractivity (Wildman–Crippen MR) is 138 cm³/mol. The van der Waals surface area contributed by atoms with Crippen molar-refractivity contribution in [3.05, 3.63) is 87.1 Å². The molecule has 0 fully saturated rings. The number of nitrogens with one attached hydrogen (secondary N) is 1. The summed E-state index contributed by atoms with van der Waals surface area (Å²) in [5, 5.41) is 34.9. The Morgan fingerprint density at radius 1 is 1.17 bits per heavy atom. The molecule has 10 heteroatoms. The molecule has 9 nitrogen and oxygen atoms in total. The molecule has 2 aromatic carbocycles. The largest absolute Gasteiger partial charge is 0.481 e. The molecule has 0 saturated heterocycles. The standard InChI is InChI=1S/C26H31N3O6.ClH/c1-16(28(4)15-18-9-6-5-7-10-18)14-26(3)23(25(32)33)22(21(24(30)31)17(2)27-26)19-11-8-12-20(13-19)29(34)35;/h5-13,16,22-23,27H,14-15H2,1-4H3,(H,30,31)(H,32,33);1H. The minimum absolute atomic E-state index is 0. The maximum absolute atomic E-state index is 12.7. The lowest BCUT2D eigenvalue weighted by Crippen LogP contribution is -2.59. The Hall–Kier alpha value is -3.43. The van der Waals surface area contributed by atoms with Crippen LogP contribution in [0, 0.1) is 16.0 Å². The van der Waals surface area contributed by atoms with Crippen molar-refractivity contribution in [3.8, 4) is 0 Å². The van der Waals surface area contributed by atoms with Crippen LogP contribution in [0.3, 0.4) is 0 Å². The van der Waals surface area contributed by atoms with Crippen molar-refractivity contribution in [3.63, 3.8) is 0 Å². The van der Waals surface area contributed by atoms with Crippen LogP contribution < -0.4 is 5.32 Å². The van der Waals surface area contributed by atoms with E-state index < -0.39 is 34.2 Å². The Morgan fingerprint density at radius 3 is 2.36 bits per heavy atom. The van der Waals surface area contributed by atoms with E-state index >= 15 is 0 Å². The van der Waals surface area contributed by atoms with Gasteiger partial charge in [-0.1, -0.05) is 42.5 Å². The van der Waals surface area contributed by atoms with Gasteiger partial charge in [-0.2, -0.15) is 0 Å². The van der Waals surface area contributed by atoms with Crippen molar-refractivity contribution in [2.75, 3.05) is 7.05 Å². The highest BCUT2D eigenvalue weighted by atomic mass is 35.5. The predicted octanol–water partition coefficient (Wildman–Crippen LogP) is 4.43. The first kappa shape index (κ1) is 28.8. The number of non-ortho nitro benzene ring substituents is 1. The molecule has 0 amide bonds. The van der Waals surface area contributed by atoms with Crippen LogP contribution in [0.4, 0.5) is 5.69 Å². The van der Waals surface area contributed by atoms with E-state index in [9.17, 15) is 29.9 Å². The van der Waals surface area contributed by atoms with Crippen molar-refractivity contribution < 1.29 is 24.7 Å². The SMILES string of the molecule is CC1=C(C(=O)O)C(c2cccc([N+](=O)[O-])c2)C(C(=O)O)C(C)(CC(C)N(C)Cc2ccccc2)N1.Cl. The van der Waals surface area contributed by atoms with Crippen molar-refractivity contribution in [2.24, 2.45) is 5.92 Å². The number of carbonyl (C=O) groups is 2. The third-order valence-electron chi connectivity index (χ3n) is 6.89. The number of aliphatic carboxylic acids is 2. The van der Waals surface area contributed by atoms with E-state index in [1.807, 2.05) is 44.3 Å². The molecule has 2 aromatic rings. The number of halogens is 1. The second-order valence-electron chi connectivity index (χ2n) is 9.49. The minimum atomic E-state index is -1.26. The summed E-state index contributed by atoms with van der Waals surface area (Å²) in [6, 6.07) is 15.4. The Bertz CT molecular complexity index is 1160. The topological polar surface area (TPSA) is 133 Å². The minimum Gasteiger partial charge on any atom is -0.481 e. The first-order chi connectivity index (χ1) is 16.4. The van der Waals surface area contributed by atoms with E-state index in [0.29, 0.717) is 24.2 Å². The fraction of sp³-hybridized carbons (Fsp3) is 0.385. The maximum atomic E-state index is 12.7. The molecular formula is C26H32ClN3O6. The molecular weight excluding hydrogens is 486 g/mol. The van der Waals surface area contributed by atoms with Gasteiger partial charge in [-0.25, -0.2) is 4.79 Å². The summed E-state index contributed by atoms with van der Waals surface area (Å²) in [6.45, 7) is 6.07. The van der Waals surface area contributed by atoms with Crippen LogP contribution in [-0.2, 0) is 16.1 Å². The fourth-order valence-electron chi connectivity index (χ4n) is 5.22. The van der Waals surface area contributed by atoms with E-state index in [-0.39, 0.29) is 29.7 Å². The number of carboxylic acid groups (broad SMARTS) is 2. The zero-order valence-corrected chi connectivity index (χ0v) is 21.5. The van der Waals surface area contributed by atoms with Gasteiger partial charge in [0.05, 0.1) is 16.4 Å². The number of hydrogen-bond acceptors (Lipinski definition) is 6. The van der Waals surface area contributed by atoms with Crippen LogP contribution in [0.25, 0.3) is 0 Å². The van der Waals surface area contributed by atoms with Gasteiger partial charge in [-0.3, -0.25) is 19.8 Å². The molecule has 0 spiro atoms. The summed E-state index contributed by atoms with van der Waals surface area (Å²) in [7, 11) is 1.96. The smallest absolute Gasteiger partial charge is 0.333 e. The first-order valence-electron chi connectivity index (χ1n) is 11.4. The molecule has 1 aliphatic rings. The Labute approximate surface area is 216 Å². The molecule has 3 N–H and O–H groups in total. The average molecular weight is 518 g/mol. The summed E-state index contributed by atoms with van der Waals surface area (Å²) < 4.78 is 0. The summed E-state index contributed by atoms with van der Waals surface area (Å²) in [5.74, 6) is -4.66. The van der Waals surface area contributed by atoms with Crippen molar-refractivity contribution in [1.29, 1.82) is 0 Å². The van der Waals surface area contributed by atoms with Gasteiger partial charge in [-0.05, 0) is 45.4 Å². The second kappa shape index (κ2) is 11.5. The van der Waals surface area contributed by atoms with E-state index in [2.05, 4.69) is 10.2 Å². The van der Waals surface area contributed by atoms with Crippen LogP contribution >= 0.6 is 12.4 Å². The van der Waals surface area contributed by atoms with Gasteiger partial charge in [-0.15, -0.1) is 12.4 Å². The van der Waals surface area contributed by atoms with Gasteiger partial charge in [0.25, 0.3) is 5.69 Å². The highest BCUT2D eigenvalue weighted by molar-refractivity contribution is 5.92. The number of allylic oxidation sites excluding steroid dienone is 1. The van der Waals surface area contributed by atoms with Crippen LogP contribution in [0.1, 0.15) is 44.2 Å². The van der Waals surface area contributed by atoms with E-state index in [0.717, 1.165) is 5.56 Å². The van der Waals surface area contributed by atoms with E-state index in [1.54, 1.807) is 19.9 Å².